The largest absolute Gasteiger partial charge is 0.480 e. The molecule has 162 valence electrons. The number of rotatable bonds is 6. The Morgan fingerprint density at radius 1 is 0.968 bits per heavy atom. The molecule has 0 bridgehead atoms. The van der Waals surface area contributed by atoms with E-state index in [-0.39, 0.29) is 5.56 Å². The SMILES string of the molecule is Cc1c(CC(=O)N(CC(=O)O)CC(=O)O)c(=O)oc2cc3oc4c(c3cc12)CCCC4. The van der Waals surface area contributed by atoms with Crippen LogP contribution in [0.5, 0.6) is 0 Å². The summed E-state index contributed by atoms with van der Waals surface area (Å²) in [6, 6.07) is 3.58. The molecule has 1 aromatic carbocycles. The molecule has 31 heavy (non-hydrogen) atoms. The van der Waals surface area contributed by atoms with Crippen LogP contribution in [0.25, 0.3) is 21.9 Å². The maximum absolute atomic E-state index is 12.6. The van der Waals surface area contributed by atoms with Crippen LogP contribution in [0.4, 0.5) is 0 Å². The van der Waals surface area contributed by atoms with Gasteiger partial charge >= 0.3 is 17.6 Å². The van der Waals surface area contributed by atoms with Crippen molar-refractivity contribution in [1.29, 1.82) is 0 Å². The molecule has 0 spiro atoms. The summed E-state index contributed by atoms with van der Waals surface area (Å²) in [5, 5.41) is 19.5. The summed E-state index contributed by atoms with van der Waals surface area (Å²) in [7, 11) is 0. The molecule has 0 saturated heterocycles. The molecule has 3 aromatic rings. The number of carboxylic acid groups (broad SMARTS) is 2. The number of carboxylic acids is 2. The van der Waals surface area contributed by atoms with Crippen LogP contribution in [0, 0.1) is 6.92 Å². The highest BCUT2D eigenvalue weighted by molar-refractivity contribution is 5.97. The molecule has 2 aromatic heterocycles. The average molecular weight is 427 g/mol. The Bertz CT molecular complexity index is 1270. The van der Waals surface area contributed by atoms with Gasteiger partial charge in [-0.25, -0.2) is 4.79 Å². The lowest BCUT2D eigenvalue weighted by molar-refractivity contribution is -0.149. The highest BCUT2D eigenvalue weighted by Crippen LogP contribution is 2.35. The van der Waals surface area contributed by atoms with Crippen LogP contribution in [0.2, 0.25) is 0 Å². The highest BCUT2D eigenvalue weighted by Gasteiger charge is 2.24. The Kier molecular flexibility index (Phi) is 5.26. The van der Waals surface area contributed by atoms with Crippen LogP contribution in [0.1, 0.15) is 35.3 Å². The van der Waals surface area contributed by atoms with Crippen LogP contribution in [-0.2, 0) is 33.6 Å². The molecule has 0 radical (unpaired) electrons. The van der Waals surface area contributed by atoms with Crippen LogP contribution in [-0.4, -0.2) is 46.0 Å². The van der Waals surface area contributed by atoms with E-state index in [1.54, 1.807) is 13.0 Å². The molecule has 9 heteroatoms. The van der Waals surface area contributed by atoms with Crippen molar-refractivity contribution in [1.82, 2.24) is 4.90 Å². The molecule has 1 aliphatic rings. The number of fused-ring (bicyclic) bond motifs is 4. The van der Waals surface area contributed by atoms with Crippen LogP contribution in [0.15, 0.2) is 25.8 Å². The molecule has 1 aliphatic carbocycles. The minimum atomic E-state index is -1.34. The summed E-state index contributed by atoms with van der Waals surface area (Å²) in [5.74, 6) is -2.51. The second-order valence-corrected chi connectivity index (χ2v) is 7.76. The van der Waals surface area contributed by atoms with Crippen molar-refractivity contribution in [3.63, 3.8) is 0 Å². The summed E-state index contributed by atoms with van der Waals surface area (Å²) < 4.78 is 11.4. The van der Waals surface area contributed by atoms with Gasteiger partial charge in [0.2, 0.25) is 5.91 Å². The molecule has 0 saturated carbocycles. The third-order valence-corrected chi connectivity index (χ3v) is 5.70. The zero-order chi connectivity index (χ0) is 22.3. The van der Waals surface area contributed by atoms with Crippen LogP contribution in [0.3, 0.4) is 0 Å². The van der Waals surface area contributed by atoms with Gasteiger partial charge in [0.25, 0.3) is 0 Å². The van der Waals surface area contributed by atoms with Gasteiger partial charge in [-0.1, -0.05) is 0 Å². The molecule has 2 heterocycles. The lowest BCUT2D eigenvalue weighted by Crippen LogP contribution is -2.40. The summed E-state index contributed by atoms with van der Waals surface area (Å²) in [6.45, 7) is 0.148. The Morgan fingerprint density at radius 3 is 2.29 bits per heavy atom. The summed E-state index contributed by atoms with van der Waals surface area (Å²) in [6.07, 6.45) is 3.47. The molecular formula is C22H21NO8. The van der Waals surface area contributed by atoms with Crippen molar-refractivity contribution in [2.45, 2.75) is 39.0 Å². The number of aliphatic carboxylic acids is 2. The summed E-state index contributed by atoms with van der Waals surface area (Å²) >= 11 is 0. The topological polar surface area (TPSA) is 138 Å². The van der Waals surface area contributed by atoms with E-state index >= 15 is 0 Å². The number of benzene rings is 1. The first kappa shape index (κ1) is 20.6. The fraction of sp³-hybridized carbons (Fsp3) is 0.364. The van der Waals surface area contributed by atoms with E-state index < -0.39 is 43.0 Å². The van der Waals surface area contributed by atoms with E-state index in [4.69, 9.17) is 19.0 Å². The van der Waals surface area contributed by atoms with Gasteiger partial charge in [0.1, 0.15) is 30.0 Å². The van der Waals surface area contributed by atoms with Crippen molar-refractivity contribution >= 4 is 39.8 Å². The molecule has 2 N–H and O–H groups in total. The minimum Gasteiger partial charge on any atom is -0.480 e. The molecule has 0 aliphatic heterocycles. The van der Waals surface area contributed by atoms with Crippen molar-refractivity contribution in [2.75, 3.05) is 13.1 Å². The third kappa shape index (κ3) is 3.90. The number of aryl methyl sites for hydroxylation is 3. The normalized spacial score (nSPS) is 13.3. The first-order chi connectivity index (χ1) is 14.7. The summed E-state index contributed by atoms with van der Waals surface area (Å²) in [4.78, 5) is 47.9. The van der Waals surface area contributed by atoms with E-state index in [0.29, 0.717) is 27.0 Å². The zero-order valence-electron chi connectivity index (χ0n) is 16.9. The van der Waals surface area contributed by atoms with E-state index in [2.05, 4.69) is 0 Å². The Labute approximate surface area is 175 Å². The fourth-order valence-corrected chi connectivity index (χ4v) is 4.17. The quantitative estimate of drug-likeness (QED) is 0.571. The smallest absolute Gasteiger partial charge is 0.340 e. The van der Waals surface area contributed by atoms with Gasteiger partial charge in [0.05, 0.1) is 12.0 Å². The van der Waals surface area contributed by atoms with Crippen molar-refractivity contribution in [2.24, 2.45) is 0 Å². The molecule has 9 nitrogen and oxygen atoms in total. The van der Waals surface area contributed by atoms with Gasteiger partial charge in [-0.05, 0) is 37.8 Å². The van der Waals surface area contributed by atoms with Gasteiger partial charge in [0, 0.05) is 28.8 Å². The number of carbonyl (C=O) groups excluding carboxylic acids is 1. The first-order valence-electron chi connectivity index (χ1n) is 9.96. The second-order valence-electron chi connectivity index (χ2n) is 7.76. The standard InChI is InChI=1S/C22H21NO8/c1-11-13-6-15-12-4-2-3-5-16(12)30-18(15)8-17(13)31-22(29)14(11)7-19(24)23(9-20(25)26)10-21(27)28/h6,8H,2-5,7,9-10H2,1H3,(H,25,26)(H,27,28). The first-order valence-corrected chi connectivity index (χ1v) is 9.96. The molecular weight excluding hydrogens is 406 g/mol. The van der Waals surface area contributed by atoms with E-state index in [1.165, 1.54) is 0 Å². The van der Waals surface area contributed by atoms with Gasteiger partial charge in [-0.2, -0.15) is 0 Å². The predicted molar refractivity (Wildman–Crippen MR) is 109 cm³/mol. The van der Waals surface area contributed by atoms with Crippen LogP contribution >= 0.6 is 0 Å². The van der Waals surface area contributed by atoms with Gasteiger partial charge in [0.15, 0.2) is 0 Å². The number of hydrogen-bond donors (Lipinski definition) is 2. The number of amides is 1. The Morgan fingerprint density at radius 2 is 1.61 bits per heavy atom. The molecule has 1 amide bonds. The van der Waals surface area contributed by atoms with E-state index in [9.17, 15) is 19.2 Å². The lowest BCUT2D eigenvalue weighted by Gasteiger charge is -2.18. The second kappa shape index (κ2) is 7.90. The molecule has 0 atom stereocenters. The maximum Gasteiger partial charge on any atom is 0.340 e. The number of nitrogens with zero attached hydrogens (tertiary/aromatic N) is 1. The number of hydrogen-bond acceptors (Lipinski definition) is 6. The average Bonchev–Trinajstić information content (AvgIpc) is 3.06. The van der Waals surface area contributed by atoms with Crippen molar-refractivity contribution in [3.05, 3.63) is 45.0 Å². The monoisotopic (exact) mass is 427 g/mol. The highest BCUT2D eigenvalue weighted by atomic mass is 16.4. The predicted octanol–water partition coefficient (Wildman–Crippen LogP) is 2.27. The number of furan rings is 1. The number of carbonyl (C=O) groups is 3. The van der Waals surface area contributed by atoms with E-state index in [0.717, 1.165) is 42.4 Å². The van der Waals surface area contributed by atoms with E-state index in [1.807, 2.05) is 6.07 Å². The minimum absolute atomic E-state index is 0.0787. The van der Waals surface area contributed by atoms with Gasteiger partial charge in [-0.3, -0.25) is 14.4 Å². The molecule has 0 fully saturated rings. The zero-order valence-corrected chi connectivity index (χ0v) is 16.9. The lowest BCUT2D eigenvalue weighted by atomic mass is 9.94. The van der Waals surface area contributed by atoms with Crippen molar-refractivity contribution in [3.8, 4) is 0 Å². The van der Waals surface area contributed by atoms with Gasteiger partial charge in [-0.15, -0.1) is 0 Å². The Hall–Kier alpha value is -3.62. The van der Waals surface area contributed by atoms with Gasteiger partial charge < -0.3 is 23.9 Å². The fourth-order valence-electron chi connectivity index (χ4n) is 4.17. The maximum atomic E-state index is 12.6. The third-order valence-electron chi connectivity index (χ3n) is 5.70. The van der Waals surface area contributed by atoms with Crippen molar-refractivity contribution < 1.29 is 33.4 Å². The molecule has 4 rings (SSSR count). The Balaban J connectivity index is 1.76. The van der Waals surface area contributed by atoms with Crippen LogP contribution < -0.4 is 5.63 Å². The summed E-state index contributed by atoms with van der Waals surface area (Å²) in [5.41, 5.74) is 2.04. The molecule has 0 unspecified atom stereocenters.